The third kappa shape index (κ3) is 1.28. The van der Waals surface area contributed by atoms with Gasteiger partial charge in [0.25, 0.3) is 0 Å². The van der Waals surface area contributed by atoms with Crippen LogP contribution >= 0.6 is 0 Å². The van der Waals surface area contributed by atoms with Gasteiger partial charge in [0, 0.05) is 5.54 Å². The van der Waals surface area contributed by atoms with Crippen molar-refractivity contribution in [3.63, 3.8) is 0 Å². The Morgan fingerprint density at radius 3 is 2.87 bits per heavy atom. The molecular formula is C13H17NO. The Balaban J connectivity index is 2.05. The predicted molar refractivity (Wildman–Crippen MR) is 60.2 cm³/mol. The zero-order chi connectivity index (χ0) is 10.3. The van der Waals surface area contributed by atoms with Crippen molar-refractivity contribution in [1.82, 2.24) is 5.32 Å². The molecule has 0 amide bonds. The monoisotopic (exact) mass is 203 g/mol. The maximum atomic E-state index is 5.28. The molecule has 1 aliphatic heterocycles. The Kier molecular flexibility index (Phi) is 1.99. The summed E-state index contributed by atoms with van der Waals surface area (Å²) in [6.45, 7) is 1.17. The number of rotatable bonds is 1. The maximum absolute atomic E-state index is 5.28. The minimum absolute atomic E-state index is 0.319. The summed E-state index contributed by atoms with van der Waals surface area (Å²) in [5.41, 5.74) is 3.31. The van der Waals surface area contributed by atoms with Gasteiger partial charge in [0.2, 0.25) is 0 Å². The largest absolute Gasteiger partial charge is 0.497 e. The van der Waals surface area contributed by atoms with E-state index in [2.05, 4.69) is 23.5 Å². The molecule has 1 aromatic rings. The Morgan fingerprint density at radius 2 is 2.20 bits per heavy atom. The standard InChI is InChI=1S/C13H17NO/c1-15-11-4-5-12-10(9-11)3-2-6-13(12)7-8-14-13/h4-5,9,14H,2-3,6-8H2,1H3. The van der Waals surface area contributed by atoms with Gasteiger partial charge in [-0.1, -0.05) is 6.07 Å². The van der Waals surface area contributed by atoms with Gasteiger partial charge in [-0.3, -0.25) is 0 Å². The van der Waals surface area contributed by atoms with Gasteiger partial charge in [0.15, 0.2) is 0 Å². The molecule has 1 spiro atoms. The second-order valence-corrected chi connectivity index (χ2v) is 4.64. The molecule has 0 bridgehead atoms. The highest BCUT2D eigenvalue weighted by Crippen LogP contribution is 2.42. The van der Waals surface area contributed by atoms with E-state index in [-0.39, 0.29) is 0 Å². The number of aryl methyl sites for hydroxylation is 1. The van der Waals surface area contributed by atoms with Crippen molar-refractivity contribution < 1.29 is 4.74 Å². The van der Waals surface area contributed by atoms with Crippen molar-refractivity contribution in [2.24, 2.45) is 0 Å². The van der Waals surface area contributed by atoms with Crippen LogP contribution in [0.15, 0.2) is 18.2 Å². The second-order valence-electron chi connectivity index (χ2n) is 4.64. The number of benzene rings is 1. The molecule has 1 saturated heterocycles. The van der Waals surface area contributed by atoms with Crippen LogP contribution in [-0.2, 0) is 12.0 Å². The molecule has 80 valence electrons. The molecule has 15 heavy (non-hydrogen) atoms. The summed E-state index contributed by atoms with van der Waals surface area (Å²) in [6, 6.07) is 6.54. The number of fused-ring (bicyclic) bond motifs is 2. The van der Waals surface area contributed by atoms with Crippen LogP contribution in [0.25, 0.3) is 0 Å². The number of hydrogen-bond acceptors (Lipinski definition) is 2. The minimum atomic E-state index is 0.319. The normalized spacial score (nSPS) is 28.3. The fourth-order valence-corrected chi connectivity index (χ4v) is 2.96. The first-order valence-electron chi connectivity index (χ1n) is 5.76. The van der Waals surface area contributed by atoms with E-state index in [9.17, 15) is 0 Å². The van der Waals surface area contributed by atoms with E-state index in [4.69, 9.17) is 4.74 Å². The van der Waals surface area contributed by atoms with Crippen LogP contribution in [0.5, 0.6) is 5.75 Å². The molecule has 1 heterocycles. The first-order valence-corrected chi connectivity index (χ1v) is 5.76. The van der Waals surface area contributed by atoms with E-state index >= 15 is 0 Å². The van der Waals surface area contributed by atoms with E-state index in [1.807, 2.05) is 0 Å². The molecule has 1 aromatic carbocycles. The van der Waals surface area contributed by atoms with Gasteiger partial charge in [-0.2, -0.15) is 0 Å². The lowest BCUT2D eigenvalue weighted by atomic mass is 9.71. The number of methoxy groups -OCH3 is 1. The third-order valence-corrected chi connectivity index (χ3v) is 3.89. The molecule has 2 heteroatoms. The van der Waals surface area contributed by atoms with Gasteiger partial charge >= 0.3 is 0 Å². The number of ether oxygens (including phenoxy) is 1. The van der Waals surface area contributed by atoms with Crippen LogP contribution < -0.4 is 10.1 Å². The van der Waals surface area contributed by atoms with Crippen molar-refractivity contribution in [2.75, 3.05) is 13.7 Å². The quantitative estimate of drug-likeness (QED) is 0.755. The van der Waals surface area contributed by atoms with Crippen molar-refractivity contribution in [2.45, 2.75) is 31.2 Å². The Bertz CT molecular complexity index is 382. The van der Waals surface area contributed by atoms with Crippen molar-refractivity contribution >= 4 is 0 Å². The molecule has 2 aliphatic rings. The van der Waals surface area contributed by atoms with Crippen LogP contribution in [0, 0.1) is 0 Å². The van der Waals surface area contributed by atoms with Gasteiger partial charge in [-0.25, -0.2) is 0 Å². The highest BCUT2D eigenvalue weighted by atomic mass is 16.5. The van der Waals surface area contributed by atoms with Crippen LogP contribution in [0.2, 0.25) is 0 Å². The summed E-state index contributed by atoms with van der Waals surface area (Å²) in [7, 11) is 1.74. The smallest absolute Gasteiger partial charge is 0.119 e. The van der Waals surface area contributed by atoms with Gasteiger partial charge < -0.3 is 10.1 Å². The lowest BCUT2D eigenvalue weighted by Gasteiger charge is -2.47. The molecule has 1 atom stereocenters. The second kappa shape index (κ2) is 3.24. The maximum Gasteiger partial charge on any atom is 0.119 e. The molecule has 0 saturated carbocycles. The van der Waals surface area contributed by atoms with E-state index < -0.39 is 0 Å². The number of hydrogen-bond donors (Lipinski definition) is 1. The fraction of sp³-hybridized carbons (Fsp3) is 0.538. The van der Waals surface area contributed by atoms with Crippen LogP contribution in [-0.4, -0.2) is 13.7 Å². The molecule has 0 radical (unpaired) electrons. The van der Waals surface area contributed by atoms with E-state index in [0.29, 0.717) is 5.54 Å². The fourth-order valence-electron chi connectivity index (χ4n) is 2.96. The molecule has 1 unspecified atom stereocenters. The molecular weight excluding hydrogens is 186 g/mol. The van der Waals surface area contributed by atoms with E-state index in [1.165, 1.54) is 43.4 Å². The summed E-state index contributed by atoms with van der Waals surface area (Å²) in [6.07, 6.45) is 5.10. The summed E-state index contributed by atoms with van der Waals surface area (Å²) in [5.74, 6) is 0.991. The van der Waals surface area contributed by atoms with E-state index in [0.717, 1.165) is 5.75 Å². The van der Waals surface area contributed by atoms with Crippen LogP contribution in [0.1, 0.15) is 30.4 Å². The molecule has 1 aliphatic carbocycles. The van der Waals surface area contributed by atoms with E-state index in [1.54, 1.807) is 7.11 Å². The van der Waals surface area contributed by atoms with Crippen LogP contribution in [0.3, 0.4) is 0 Å². The van der Waals surface area contributed by atoms with Crippen molar-refractivity contribution in [3.8, 4) is 5.75 Å². The highest BCUT2D eigenvalue weighted by Gasteiger charge is 2.41. The van der Waals surface area contributed by atoms with Crippen molar-refractivity contribution in [1.29, 1.82) is 0 Å². The Hall–Kier alpha value is -1.02. The topological polar surface area (TPSA) is 21.3 Å². The predicted octanol–water partition coefficient (Wildman–Crippen LogP) is 2.22. The SMILES string of the molecule is COc1ccc2c(c1)CCCC21CCN1. The molecule has 1 N–H and O–H groups in total. The lowest BCUT2D eigenvalue weighted by molar-refractivity contribution is 0.177. The molecule has 3 rings (SSSR count). The zero-order valence-electron chi connectivity index (χ0n) is 9.18. The Labute approximate surface area is 90.6 Å². The van der Waals surface area contributed by atoms with Gasteiger partial charge in [0.05, 0.1) is 7.11 Å². The molecule has 0 aromatic heterocycles. The Morgan fingerprint density at radius 1 is 1.33 bits per heavy atom. The average molecular weight is 203 g/mol. The minimum Gasteiger partial charge on any atom is -0.497 e. The summed E-state index contributed by atoms with van der Waals surface area (Å²) in [5, 5.41) is 3.61. The van der Waals surface area contributed by atoms with Crippen LogP contribution in [0.4, 0.5) is 0 Å². The molecule has 2 nitrogen and oxygen atoms in total. The molecule has 1 fully saturated rings. The summed E-state index contributed by atoms with van der Waals surface area (Å²) in [4.78, 5) is 0. The van der Waals surface area contributed by atoms with Gasteiger partial charge in [0.1, 0.15) is 5.75 Å². The first-order chi connectivity index (χ1) is 7.34. The highest BCUT2D eigenvalue weighted by molar-refractivity contribution is 5.42. The third-order valence-electron chi connectivity index (χ3n) is 3.89. The van der Waals surface area contributed by atoms with Gasteiger partial charge in [-0.05, 0) is 55.5 Å². The average Bonchev–Trinajstić information content (AvgIpc) is 2.25. The lowest BCUT2D eigenvalue weighted by Crippen LogP contribution is -2.55. The summed E-state index contributed by atoms with van der Waals surface area (Å²) < 4.78 is 5.28. The van der Waals surface area contributed by atoms with Crippen molar-refractivity contribution in [3.05, 3.63) is 29.3 Å². The zero-order valence-corrected chi connectivity index (χ0v) is 9.18. The van der Waals surface area contributed by atoms with Gasteiger partial charge in [-0.15, -0.1) is 0 Å². The summed E-state index contributed by atoms with van der Waals surface area (Å²) >= 11 is 0. The number of nitrogens with one attached hydrogen (secondary N) is 1. The first kappa shape index (κ1) is 9.22.